The molecule has 1 aliphatic heterocycles. The molecule has 0 aromatic heterocycles. The van der Waals surface area contributed by atoms with Crippen molar-refractivity contribution in [2.75, 3.05) is 26.2 Å². The minimum absolute atomic E-state index is 0.591. The molecule has 1 aromatic rings. The predicted molar refractivity (Wildman–Crippen MR) is 77.4 cm³/mol. The maximum Gasteiger partial charge on any atom is 0.123 e. The summed E-state index contributed by atoms with van der Waals surface area (Å²) in [6.45, 7) is 7.49. The van der Waals surface area contributed by atoms with Gasteiger partial charge in [0, 0.05) is 37.8 Å². The lowest BCUT2D eigenvalue weighted by atomic mass is 10.1. The van der Waals surface area contributed by atoms with Crippen LogP contribution in [0.15, 0.2) is 24.3 Å². The molecule has 19 heavy (non-hydrogen) atoms. The summed E-state index contributed by atoms with van der Waals surface area (Å²) in [4.78, 5) is 2.51. The molecule has 1 saturated carbocycles. The normalized spacial score (nSPS) is 24.4. The number of hydrogen-bond acceptors (Lipinski definition) is 3. The van der Waals surface area contributed by atoms with Gasteiger partial charge in [0.1, 0.15) is 5.75 Å². The van der Waals surface area contributed by atoms with Crippen LogP contribution in [0, 0.1) is 5.92 Å². The molecular weight excluding hydrogens is 236 g/mol. The number of rotatable bonds is 5. The van der Waals surface area contributed by atoms with Gasteiger partial charge in [-0.3, -0.25) is 4.90 Å². The van der Waals surface area contributed by atoms with E-state index < -0.39 is 0 Å². The van der Waals surface area contributed by atoms with Gasteiger partial charge in [-0.15, -0.1) is 0 Å². The summed E-state index contributed by atoms with van der Waals surface area (Å²) in [5, 5.41) is 3.49. The third-order valence-electron chi connectivity index (χ3n) is 3.99. The molecule has 3 nitrogen and oxygen atoms in total. The molecule has 0 amide bonds. The number of piperazine rings is 1. The van der Waals surface area contributed by atoms with Crippen LogP contribution in [0.4, 0.5) is 0 Å². The highest BCUT2D eigenvalue weighted by Crippen LogP contribution is 2.30. The average molecular weight is 260 g/mol. The fraction of sp³-hybridized carbons (Fsp3) is 0.625. The fourth-order valence-electron chi connectivity index (χ4n) is 2.66. The Bertz CT molecular complexity index is 417. The summed E-state index contributed by atoms with van der Waals surface area (Å²) in [7, 11) is 0. The third kappa shape index (κ3) is 3.71. The Morgan fingerprint density at radius 1 is 1.32 bits per heavy atom. The van der Waals surface area contributed by atoms with Gasteiger partial charge in [0.05, 0.1) is 6.61 Å². The molecule has 1 N–H and O–H groups in total. The lowest BCUT2D eigenvalue weighted by molar-refractivity contribution is 0.195. The molecule has 3 heteroatoms. The monoisotopic (exact) mass is 260 g/mol. The second-order valence-corrected chi connectivity index (χ2v) is 5.95. The molecule has 0 unspecified atom stereocenters. The molecule has 2 aliphatic rings. The molecule has 3 rings (SSSR count). The summed E-state index contributed by atoms with van der Waals surface area (Å²) >= 11 is 0. The van der Waals surface area contributed by atoms with E-state index in [2.05, 4.69) is 41.4 Å². The number of nitrogens with zero attached hydrogens (tertiary/aromatic N) is 1. The largest absolute Gasteiger partial charge is 0.493 e. The van der Waals surface area contributed by atoms with Gasteiger partial charge in [-0.25, -0.2) is 0 Å². The van der Waals surface area contributed by atoms with E-state index in [9.17, 15) is 0 Å². The lowest BCUT2D eigenvalue weighted by Gasteiger charge is -2.32. The number of nitrogens with one attached hydrogen (secondary N) is 1. The van der Waals surface area contributed by atoms with Crippen molar-refractivity contribution >= 4 is 0 Å². The van der Waals surface area contributed by atoms with Crippen LogP contribution in [0.3, 0.4) is 0 Å². The molecule has 1 atom stereocenters. The molecule has 104 valence electrons. The maximum atomic E-state index is 5.99. The van der Waals surface area contributed by atoms with Crippen LogP contribution in [0.2, 0.25) is 0 Å². The fourth-order valence-corrected chi connectivity index (χ4v) is 2.66. The molecular formula is C16H24N2O. The molecule has 1 saturated heterocycles. The molecule has 2 fully saturated rings. The van der Waals surface area contributed by atoms with Crippen molar-refractivity contribution < 1.29 is 4.74 Å². The minimum Gasteiger partial charge on any atom is -0.493 e. The first-order chi connectivity index (χ1) is 9.31. The van der Waals surface area contributed by atoms with Gasteiger partial charge >= 0.3 is 0 Å². The molecule has 0 radical (unpaired) electrons. The lowest BCUT2D eigenvalue weighted by Crippen LogP contribution is -2.48. The number of ether oxygens (including phenoxy) is 1. The first kappa shape index (κ1) is 12.9. The van der Waals surface area contributed by atoms with Crippen molar-refractivity contribution in [2.24, 2.45) is 5.92 Å². The minimum atomic E-state index is 0.591. The van der Waals surface area contributed by atoms with Crippen LogP contribution in [0.25, 0.3) is 0 Å². The van der Waals surface area contributed by atoms with Crippen molar-refractivity contribution in [3.63, 3.8) is 0 Å². The highest BCUT2D eigenvalue weighted by molar-refractivity contribution is 5.33. The molecule has 1 heterocycles. The Balaban J connectivity index is 1.61. The summed E-state index contributed by atoms with van der Waals surface area (Å²) in [6, 6.07) is 9.10. The number of benzene rings is 1. The zero-order valence-electron chi connectivity index (χ0n) is 11.8. The summed E-state index contributed by atoms with van der Waals surface area (Å²) in [5.41, 5.74) is 1.33. The van der Waals surface area contributed by atoms with Gasteiger partial charge in [-0.2, -0.15) is 0 Å². The summed E-state index contributed by atoms with van der Waals surface area (Å²) in [6.07, 6.45) is 2.69. The van der Waals surface area contributed by atoms with Crippen LogP contribution in [-0.4, -0.2) is 37.2 Å². The maximum absolute atomic E-state index is 5.99. The first-order valence-electron chi connectivity index (χ1n) is 7.47. The highest BCUT2D eigenvalue weighted by atomic mass is 16.5. The Morgan fingerprint density at radius 2 is 2.16 bits per heavy atom. The van der Waals surface area contributed by atoms with E-state index in [-0.39, 0.29) is 0 Å². The van der Waals surface area contributed by atoms with Gasteiger partial charge in [-0.05, 0) is 31.7 Å². The van der Waals surface area contributed by atoms with Crippen molar-refractivity contribution in [3.05, 3.63) is 29.8 Å². The standard InChI is InChI=1S/C16H24N2O/c1-13-10-18(9-8-17-13)11-15-4-2-3-5-16(15)19-12-14-6-7-14/h2-5,13-14,17H,6-12H2,1H3/t13-/m1/s1. The van der Waals surface area contributed by atoms with E-state index in [1.807, 2.05) is 0 Å². The molecule has 0 bridgehead atoms. The Morgan fingerprint density at radius 3 is 2.95 bits per heavy atom. The zero-order valence-corrected chi connectivity index (χ0v) is 11.8. The number of para-hydroxylation sites is 1. The van der Waals surface area contributed by atoms with E-state index in [1.165, 1.54) is 18.4 Å². The van der Waals surface area contributed by atoms with Crippen LogP contribution in [-0.2, 0) is 6.54 Å². The highest BCUT2D eigenvalue weighted by Gasteiger charge is 2.22. The van der Waals surface area contributed by atoms with E-state index in [0.717, 1.165) is 44.5 Å². The topological polar surface area (TPSA) is 24.5 Å². The van der Waals surface area contributed by atoms with Crippen LogP contribution in [0.5, 0.6) is 5.75 Å². The second kappa shape index (κ2) is 5.93. The SMILES string of the molecule is C[C@@H]1CN(Cc2ccccc2OCC2CC2)CCN1. The van der Waals surface area contributed by atoms with Crippen LogP contribution < -0.4 is 10.1 Å². The quantitative estimate of drug-likeness (QED) is 0.879. The van der Waals surface area contributed by atoms with E-state index in [4.69, 9.17) is 4.74 Å². The second-order valence-electron chi connectivity index (χ2n) is 5.95. The van der Waals surface area contributed by atoms with Crippen LogP contribution in [0.1, 0.15) is 25.3 Å². The predicted octanol–water partition coefficient (Wildman–Crippen LogP) is 2.27. The van der Waals surface area contributed by atoms with E-state index in [1.54, 1.807) is 0 Å². The van der Waals surface area contributed by atoms with Crippen molar-refractivity contribution in [1.82, 2.24) is 10.2 Å². The summed E-state index contributed by atoms with van der Waals surface area (Å²) in [5.74, 6) is 1.90. The van der Waals surface area contributed by atoms with Crippen LogP contribution >= 0.6 is 0 Å². The van der Waals surface area contributed by atoms with Gasteiger partial charge in [0.25, 0.3) is 0 Å². The Hall–Kier alpha value is -1.06. The Kier molecular flexibility index (Phi) is 4.04. The van der Waals surface area contributed by atoms with Gasteiger partial charge in [0.15, 0.2) is 0 Å². The summed E-state index contributed by atoms with van der Waals surface area (Å²) < 4.78 is 5.99. The number of hydrogen-bond donors (Lipinski definition) is 1. The van der Waals surface area contributed by atoms with E-state index in [0.29, 0.717) is 6.04 Å². The van der Waals surface area contributed by atoms with Gasteiger partial charge in [0.2, 0.25) is 0 Å². The molecule has 1 aromatic carbocycles. The first-order valence-corrected chi connectivity index (χ1v) is 7.47. The van der Waals surface area contributed by atoms with Gasteiger partial charge < -0.3 is 10.1 Å². The Labute approximate surface area is 115 Å². The van der Waals surface area contributed by atoms with Crippen molar-refractivity contribution in [1.29, 1.82) is 0 Å². The van der Waals surface area contributed by atoms with Crippen molar-refractivity contribution in [2.45, 2.75) is 32.4 Å². The third-order valence-corrected chi connectivity index (χ3v) is 3.99. The molecule has 1 aliphatic carbocycles. The van der Waals surface area contributed by atoms with Gasteiger partial charge in [-0.1, -0.05) is 18.2 Å². The smallest absolute Gasteiger partial charge is 0.123 e. The van der Waals surface area contributed by atoms with E-state index >= 15 is 0 Å². The molecule has 0 spiro atoms. The average Bonchev–Trinajstić information content (AvgIpc) is 3.22. The zero-order chi connectivity index (χ0) is 13.1. The van der Waals surface area contributed by atoms with Crippen molar-refractivity contribution in [3.8, 4) is 5.75 Å².